The number of benzene rings is 2. The Hall–Kier alpha value is -2.86. The van der Waals surface area contributed by atoms with E-state index >= 15 is 0 Å². The molecule has 0 aromatic heterocycles. The number of aryl methyl sites for hydroxylation is 1. The lowest BCUT2D eigenvalue weighted by Crippen LogP contribution is -2.30. The Bertz CT molecular complexity index is 839. The second kappa shape index (κ2) is 11.1. The Morgan fingerprint density at radius 2 is 1.75 bits per heavy atom. The van der Waals surface area contributed by atoms with Crippen LogP contribution in [0.3, 0.4) is 0 Å². The van der Waals surface area contributed by atoms with Gasteiger partial charge in [0.25, 0.3) is 5.91 Å². The van der Waals surface area contributed by atoms with Crippen molar-refractivity contribution in [1.29, 1.82) is 0 Å². The molecule has 0 atom stereocenters. The van der Waals surface area contributed by atoms with Crippen molar-refractivity contribution in [1.82, 2.24) is 10.6 Å². The molecule has 0 spiro atoms. The first-order valence-electron chi connectivity index (χ1n) is 9.02. The van der Waals surface area contributed by atoms with Gasteiger partial charge < -0.3 is 15.4 Å². The van der Waals surface area contributed by atoms with E-state index in [1.54, 1.807) is 24.3 Å². The highest BCUT2D eigenvalue weighted by Gasteiger charge is 2.08. The lowest BCUT2D eigenvalue weighted by molar-refractivity contribution is -0.131. The maximum atomic E-state index is 12.1. The molecule has 0 heterocycles. The minimum atomic E-state index is -0.442. The number of carbonyl (C=O) groups excluding carboxylic acids is 3. The van der Waals surface area contributed by atoms with Gasteiger partial charge in [0, 0.05) is 37.0 Å². The van der Waals surface area contributed by atoms with Crippen LogP contribution in [0.25, 0.3) is 0 Å². The van der Waals surface area contributed by atoms with Gasteiger partial charge in [0.05, 0.1) is 0 Å². The number of nitrogens with one attached hydrogen (secondary N) is 2. The van der Waals surface area contributed by atoms with Crippen LogP contribution >= 0.6 is 11.6 Å². The Morgan fingerprint density at radius 3 is 2.50 bits per heavy atom. The van der Waals surface area contributed by atoms with Crippen LogP contribution in [-0.4, -0.2) is 30.9 Å². The molecular weight excluding hydrogens is 380 g/mol. The topological polar surface area (TPSA) is 84.5 Å². The average molecular weight is 403 g/mol. The molecule has 2 N–H and O–H groups in total. The number of carbonyl (C=O) groups is 3. The van der Waals surface area contributed by atoms with Gasteiger partial charge in [-0.05, 0) is 42.7 Å². The summed E-state index contributed by atoms with van der Waals surface area (Å²) in [7, 11) is 0. The van der Waals surface area contributed by atoms with Crippen LogP contribution in [0.1, 0.15) is 35.7 Å². The van der Waals surface area contributed by atoms with E-state index in [9.17, 15) is 14.4 Å². The van der Waals surface area contributed by atoms with Crippen molar-refractivity contribution in [3.8, 4) is 5.75 Å². The quantitative estimate of drug-likeness (QED) is 0.383. The third kappa shape index (κ3) is 7.40. The Balaban J connectivity index is 1.64. The van der Waals surface area contributed by atoms with Crippen LogP contribution < -0.4 is 15.4 Å². The monoisotopic (exact) mass is 402 g/mol. The van der Waals surface area contributed by atoms with E-state index in [-0.39, 0.29) is 11.8 Å². The van der Waals surface area contributed by atoms with Crippen LogP contribution in [0.15, 0.2) is 48.5 Å². The molecule has 0 aliphatic carbocycles. The maximum absolute atomic E-state index is 12.1. The Labute approximate surface area is 169 Å². The summed E-state index contributed by atoms with van der Waals surface area (Å²) < 4.78 is 4.96. The number of hydrogen-bond acceptors (Lipinski definition) is 4. The van der Waals surface area contributed by atoms with E-state index in [1.165, 1.54) is 13.0 Å². The van der Waals surface area contributed by atoms with E-state index in [4.69, 9.17) is 16.3 Å². The predicted octanol–water partition coefficient (Wildman–Crippen LogP) is 3.13. The van der Waals surface area contributed by atoms with Crippen molar-refractivity contribution in [2.45, 2.75) is 26.2 Å². The van der Waals surface area contributed by atoms with Crippen molar-refractivity contribution < 1.29 is 19.1 Å². The fourth-order valence-corrected chi connectivity index (χ4v) is 2.75. The van der Waals surface area contributed by atoms with Crippen LogP contribution in [0.4, 0.5) is 0 Å². The van der Waals surface area contributed by atoms with Gasteiger partial charge in [0.2, 0.25) is 5.91 Å². The van der Waals surface area contributed by atoms with Crippen molar-refractivity contribution in [3.05, 3.63) is 64.7 Å². The average Bonchev–Trinajstić information content (AvgIpc) is 2.66. The normalized spacial score (nSPS) is 10.2. The minimum absolute atomic E-state index is 0.0553. The molecular formula is C21H23ClN2O4. The predicted molar refractivity (Wildman–Crippen MR) is 107 cm³/mol. The lowest BCUT2D eigenvalue weighted by atomic mass is 10.1. The second-order valence-corrected chi connectivity index (χ2v) is 6.58. The summed E-state index contributed by atoms with van der Waals surface area (Å²) >= 11 is 6.07. The van der Waals surface area contributed by atoms with Crippen molar-refractivity contribution in [2.24, 2.45) is 0 Å². The summed E-state index contributed by atoms with van der Waals surface area (Å²) in [6.45, 7) is 2.19. The van der Waals surface area contributed by atoms with Crippen LogP contribution in [0.5, 0.6) is 5.75 Å². The van der Waals surface area contributed by atoms with Crippen LogP contribution in [0.2, 0.25) is 5.02 Å². The molecule has 2 amide bonds. The molecule has 2 rings (SSSR count). The van der Waals surface area contributed by atoms with E-state index in [0.29, 0.717) is 48.7 Å². The zero-order chi connectivity index (χ0) is 20.4. The minimum Gasteiger partial charge on any atom is -0.427 e. The molecule has 0 unspecified atom stereocenters. The molecule has 0 aliphatic rings. The second-order valence-electron chi connectivity index (χ2n) is 6.17. The Morgan fingerprint density at radius 1 is 1.00 bits per heavy atom. The first-order chi connectivity index (χ1) is 13.5. The van der Waals surface area contributed by atoms with Crippen LogP contribution in [0, 0.1) is 0 Å². The highest BCUT2D eigenvalue weighted by Crippen LogP contribution is 2.16. The summed E-state index contributed by atoms with van der Waals surface area (Å²) in [5.74, 6) is -0.437. The molecule has 0 aliphatic heterocycles. The molecule has 2 aromatic carbocycles. The van der Waals surface area contributed by atoms with E-state index < -0.39 is 5.97 Å². The van der Waals surface area contributed by atoms with Crippen molar-refractivity contribution in [3.63, 3.8) is 0 Å². The fourth-order valence-electron chi connectivity index (χ4n) is 2.52. The van der Waals surface area contributed by atoms with Crippen molar-refractivity contribution in [2.75, 3.05) is 13.1 Å². The molecule has 0 saturated heterocycles. The molecule has 0 saturated carbocycles. The van der Waals surface area contributed by atoms with Gasteiger partial charge in [0.1, 0.15) is 5.75 Å². The summed E-state index contributed by atoms with van der Waals surface area (Å²) in [5, 5.41) is 6.26. The number of rotatable bonds is 9. The van der Waals surface area contributed by atoms with Gasteiger partial charge in [-0.3, -0.25) is 14.4 Å². The number of amides is 2. The summed E-state index contributed by atoms with van der Waals surface area (Å²) in [5.41, 5.74) is 1.35. The molecule has 148 valence electrons. The number of ether oxygens (including phenoxy) is 1. The molecule has 0 fully saturated rings. The molecule has 0 radical (unpaired) electrons. The van der Waals surface area contributed by atoms with Gasteiger partial charge in [-0.25, -0.2) is 0 Å². The third-order valence-corrected chi connectivity index (χ3v) is 4.27. The lowest BCUT2D eigenvalue weighted by Gasteiger charge is -2.08. The molecule has 7 heteroatoms. The van der Waals surface area contributed by atoms with E-state index in [2.05, 4.69) is 10.6 Å². The number of halogens is 1. The zero-order valence-corrected chi connectivity index (χ0v) is 16.4. The summed E-state index contributed by atoms with van der Waals surface area (Å²) in [6, 6.07) is 13.9. The van der Waals surface area contributed by atoms with Gasteiger partial charge in [-0.15, -0.1) is 0 Å². The smallest absolute Gasteiger partial charge is 0.308 e. The number of esters is 1. The summed E-state index contributed by atoms with van der Waals surface area (Å²) in [6.07, 6.45) is 1.55. The molecule has 28 heavy (non-hydrogen) atoms. The first kappa shape index (κ1) is 21.4. The Kier molecular flexibility index (Phi) is 8.49. The van der Waals surface area contributed by atoms with Crippen LogP contribution in [-0.2, 0) is 16.0 Å². The van der Waals surface area contributed by atoms with Gasteiger partial charge >= 0.3 is 5.97 Å². The van der Waals surface area contributed by atoms with Gasteiger partial charge in [-0.2, -0.15) is 0 Å². The maximum Gasteiger partial charge on any atom is 0.308 e. The largest absolute Gasteiger partial charge is 0.427 e. The first-order valence-corrected chi connectivity index (χ1v) is 9.40. The van der Waals surface area contributed by atoms with Crippen molar-refractivity contribution >= 4 is 29.4 Å². The van der Waals surface area contributed by atoms with E-state index in [0.717, 1.165) is 5.56 Å². The number of hydrogen-bond donors (Lipinski definition) is 2. The molecule has 6 nitrogen and oxygen atoms in total. The third-order valence-electron chi connectivity index (χ3n) is 3.90. The summed E-state index contributed by atoms with van der Waals surface area (Å²) in [4.78, 5) is 35.0. The van der Waals surface area contributed by atoms with E-state index in [1.807, 2.05) is 18.2 Å². The molecule has 0 bridgehead atoms. The molecule has 2 aromatic rings. The fraction of sp³-hybridized carbons (Fsp3) is 0.286. The highest BCUT2D eigenvalue weighted by molar-refractivity contribution is 6.31. The zero-order valence-electron chi connectivity index (χ0n) is 15.7. The standard InChI is InChI=1S/C21H23ClN2O4/c1-15(25)28-18-8-4-7-17(14-18)21(27)24-13-5-12-23-20(26)11-10-16-6-2-3-9-19(16)22/h2-4,6-9,14H,5,10-13H2,1H3,(H,23,26)(H,24,27). The SMILES string of the molecule is CC(=O)Oc1cccc(C(=O)NCCCNC(=O)CCc2ccccc2Cl)c1. The highest BCUT2D eigenvalue weighted by atomic mass is 35.5. The van der Waals surface area contributed by atoms with Gasteiger partial charge in [-0.1, -0.05) is 35.9 Å². The van der Waals surface area contributed by atoms with Gasteiger partial charge in [0.15, 0.2) is 0 Å².